The fourth-order valence-corrected chi connectivity index (χ4v) is 1.20. The number of ether oxygens (including phenoxy) is 1. The van der Waals surface area contributed by atoms with Gasteiger partial charge in [0.25, 0.3) is 0 Å². The van der Waals surface area contributed by atoms with Gasteiger partial charge >= 0.3 is 0 Å². The third-order valence-electron chi connectivity index (χ3n) is 1.88. The smallest absolute Gasteiger partial charge is 0.138 e. The topological polar surface area (TPSA) is 60.2 Å². The second-order valence-corrected chi connectivity index (χ2v) is 2.91. The van der Waals surface area contributed by atoms with Gasteiger partial charge in [-0.3, -0.25) is 0 Å². The molecule has 2 rings (SSSR count). The molecule has 0 unspecified atom stereocenters. The normalized spacial score (nSPS) is 10.2. The van der Waals surface area contributed by atoms with Gasteiger partial charge in [-0.1, -0.05) is 0 Å². The van der Waals surface area contributed by atoms with E-state index in [0.717, 1.165) is 11.4 Å². The molecule has 1 aromatic carbocycles. The zero-order valence-electron chi connectivity index (χ0n) is 8.08. The van der Waals surface area contributed by atoms with E-state index in [1.54, 1.807) is 11.0 Å². The Hall–Kier alpha value is -1.88. The van der Waals surface area contributed by atoms with Crippen LogP contribution < -0.4 is 4.74 Å². The Morgan fingerprint density at radius 3 is 2.67 bits per heavy atom. The van der Waals surface area contributed by atoms with E-state index in [4.69, 9.17) is 9.84 Å². The monoisotopic (exact) mass is 205 g/mol. The molecule has 0 aliphatic heterocycles. The van der Waals surface area contributed by atoms with Crippen molar-refractivity contribution in [3.8, 4) is 11.4 Å². The number of hydrogen-bond donors (Lipinski definition) is 1. The van der Waals surface area contributed by atoms with Crippen LogP contribution in [0.1, 0.15) is 0 Å². The van der Waals surface area contributed by atoms with Crippen molar-refractivity contribution in [1.82, 2.24) is 14.8 Å². The van der Waals surface area contributed by atoms with Crippen molar-refractivity contribution < 1.29 is 9.84 Å². The summed E-state index contributed by atoms with van der Waals surface area (Å²) in [6.07, 6.45) is 3.11. The molecule has 0 saturated carbocycles. The first-order chi connectivity index (χ1) is 7.40. The zero-order chi connectivity index (χ0) is 10.5. The Labute approximate surface area is 87.0 Å². The van der Waals surface area contributed by atoms with Crippen LogP contribution in [0.5, 0.6) is 5.75 Å². The fourth-order valence-electron chi connectivity index (χ4n) is 1.20. The molecule has 2 aromatic rings. The van der Waals surface area contributed by atoms with E-state index in [2.05, 4.69) is 10.1 Å². The molecule has 0 fully saturated rings. The van der Waals surface area contributed by atoms with E-state index in [1.807, 2.05) is 24.3 Å². The number of hydrogen-bond acceptors (Lipinski definition) is 4. The molecule has 5 heteroatoms. The molecule has 0 radical (unpaired) electrons. The number of aliphatic hydroxyl groups excluding tert-OH is 1. The second-order valence-electron chi connectivity index (χ2n) is 2.91. The van der Waals surface area contributed by atoms with Crippen molar-refractivity contribution in [2.24, 2.45) is 0 Å². The van der Waals surface area contributed by atoms with Crippen molar-refractivity contribution >= 4 is 0 Å². The lowest BCUT2D eigenvalue weighted by atomic mass is 10.3. The Bertz CT molecular complexity index is 397. The van der Waals surface area contributed by atoms with Gasteiger partial charge in [0, 0.05) is 0 Å². The average molecular weight is 205 g/mol. The number of aromatic nitrogens is 3. The maximum absolute atomic E-state index is 8.59. The number of nitrogens with zero attached hydrogens (tertiary/aromatic N) is 3. The van der Waals surface area contributed by atoms with Crippen molar-refractivity contribution in [2.45, 2.75) is 0 Å². The molecule has 0 aliphatic rings. The highest BCUT2D eigenvalue weighted by Gasteiger charge is 1.97. The minimum atomic E-state index is 0.0187. The summed E-state index contributed by atoms with van der Waals surface area (Å²) in [6, 6.07) is 7.40. The van der Waals surface area contributed by atoms with Crippen molar-refractivity contribution in [1.29, 1.82) is 0 Å². The molecule has 0 amide bonds. The lowest BCUT2D eigenvalue weighted by Gasteiger charge is -2.05. The molecule has 5 nitrogen and oxygen atoms in total. The third kappa shape index (κ3) is 2.32. The van der Waals surface area contributed by atoms with Gasteiger partial charge in [0.05, 0.1) is 12.3 Å². The van der Waals surface area contributed by atoms with Crippen LogP contribution in [-0.2, 0) is 0 Å². The molecule has 1 aromatic heterocycles. The summed E-state index contributed by atoms with van der Waals surface area (Å²) in [4.78, 5) is 3.86. The maximum atomic E-state index is 8.59. The quantitative estimate of drug-likeness (QED) is 0.795. The van der Waals surface area contributed by atoms with Gasteiger partial charge in [-0.2, -0.15) is 5.10 Å². The van der Waals surface area contributed by atoms with E-state index in [9.17, 15) is 0 Å². The summed E-state index contributed by atoms with van der Waals surface area (Å²) < 4.78 is 6.89. The van der Waals surface area contributed by atoms with Crippen LogP contribution in [0.2, 0.25) is 0 Å². The SMILES string of the molecule is OCCOc1ccc(-n2cncn2)cc1. The van der Waals surface area contributed by atoms with E-state index in [1.165, 1.54) is 6.33 Å². The minimum absolute atomic E-state index is 0.0187. The zero-order valence-corrected chi connectivity index (χ0v) is 8.08. The van der Waals surface area contributed by atoms with Crippen molar-refractivity contribution in [3.05, 3.63) is 36.9 Å². The molecule has 0 bridgehead atoms. The standard InChI is InChI=1S/C10H11N3O2/c14-5-6-15-10-3-1-9(2-4-10)13-8-11-7-12-13/h1-4,7-8,14H,5-6H2. The Balaban J connectivity index is 2.11. The Kier molecular flexibility index (Phi) is 2.94. The van der Waals surface area contributed by atoms with Crippen LogP contribution in [0.15, 0.2) is 36.9 Å². The average Bonchev–Trinajstić information content (AvgIpc) is 2.80. The Morgan fingerprint density at radius 2 is 2.07 bits per heavy atom. The number of aliphatic hydroxyl groups is 1. The highest BCUT2D eigenvalue weighted by atomic mass is 16.5. The van der Waals surface area contributed by atoms with Gasteiger partial charge < -0.3 is 9.84 Å². The molecule has 78 valence electrons. The summed E-state index contributed by atoms with van der Waals surface area (Å²) in [5.41, 5.74) is 0.920. The van der Waals surface area contributed by atoms with Gasteiger partial charge in [-0.25, -0.2) is 9.67 Å². The highest BCUT2D eigenvalue weighted by Crippen LogP contribution is 2.13. The first-order valence-corrected chi connectivity index (χ1v) is 4.59. The first kappa shape index (κ1) is 9.67. The lowest BCUT2D eigenvalue weighted by Crippen LogP contribution is -2.01. The van der Waals surface area contributed by atoms with Crippen LogP contribution in [0.4, 0.5) is 0 Å². The summed E-state index contributed by atoms with van der Waals surface area (Å²) in [5, 5.41) is 12.6. The van der Waals surface area contributed by atoms with E-state index >= 15 is 0 Å². The van der Waals surface area contributed by atoms with Gasteiger partial charge in [0.15, 0.2) is 0 Å². The van der Waals surface area contributed by atoms with Gasteiger partial charge in [0.1, 0.15) is 25.0 Å². The predicted molar refractivity (Wildman–Crippen MR) is 53.9 cm³/mol. The molecule has 0 aliphatic carbocycles. The highest BCUT2D eigenvalue weighted by molar-refractivity contribution is 5.36. The van der Waals surface area contributed by atoms with E-state index in [-0.39, 0.29) is 6.61 Å². The summed E-state index contributed by atoms with van der Waals surface area (Å²) in [5.74, 6) is 0.730. The Morgan fingerprint density at radius 1 is 1.27 bits per heavy atom. The van der Waals surface area contributed by atoms with E-state index < -0.39 is 0 Å². The second kappa shape index (κ2) is 4.56. The van der Waals surface area contributed by atoms with Gasteiger partial charge in [-0.05, 0) is 24.3 Å². The first-order valence-electron chi connectivity index (χ1n) is 4.59. The summed E-state index contributed by atoms with van der Waals surface area (Å²) >= 11 is 0. The number of benzene rings is 1. The molecular weight excluding hydrogens is 194 g/mol. The molecule has 1 N–H and O–H groups in total. The molecule has 0 saturated heterocycles. The summed E-state index contributed by atoms with van der Waals surface area (Å²) in [6.45, 7) is 0.327. The van der Waals surface area contributed by atoms with Crippen LogP contribution in [0, 0.1) is 0 Å². The van der Waals surface area contributed by atoms with Gasteiger partial charge in [0.2, 0.25) is 0 Å². The molecule has 0 atom stereocenters. The number of rotatable bonds is 4. The molecular formula is C10H11N3O2. The molecule has 15 heavy (non-hydrogen) atoms. The van der Waals surface area contributed by atoms with Crippen molar-refractivity contribution in [2.75, 3.05) is 13.2 Å². The van der Waals surface area contributed by atoms with Crippen LogP contribution >= 0.6 is 0 Å². The fraction of sp³-hybridized carbons (Fsp3) is 0.200. The van der Waals surface area contributed by atoms with Gasteiger partial charge in [-0.15, -0.1) is 0 Å². The maximum Gasteiger partial charge on any atom is 0.138 e. The lowest BCUT2D eigenvalue weighted by molar-refractivity contribution is 0.201. The summed E-state index contributed by atoms with van der Waals surface area (Å²) in [7, 11) is 0. The van der Waals surface area contributed by atoms with Crippen LogP contribution in [0.3, 0.4) is 0 Å². The van der Waals surface area contributed by atoms with Crippen molar-refractivity contribution in [3.63, 3.8) is 0 Å². The predicted octanol–water partition coefficient (Wildman–Crippen LogP) is 0.638. The largest absolute Gasteiger partial charge is 0.491 e. The minimum Gasteiger partial charge on any atom is -0.491 e. The molecule has 0 spiro atoms. The van der Waals surface area contributed by atoms with Crippen LogP contribution in [-0.4, -0.2) is 33.1 Å². The third-order valence-corrected chi connectivity index (χ3v) is 1.88. The molecule has 1 heterocycles. The van der Waals surface area contributed by atoms with Crippen LogP contribution in [0.25, 0.3) is 5.69 Å². The van der Waals surface area contributed by atoms with E-state index in [0.29, 0.717) is 6.61 Å².